The van der Waals surface area contributed by atoms with Crippen LogP contribution >= 0.6 is 11.3 Å². The molecule has 1 aliphatic rings. The Labute approximate surface area is 167 Å². The number of aromatic nitrogens is 1. The molecule has 0 aliphatic carbocycles. The van der Waals surface area contributed by atoms with Gasteiger partial charge in [-0.05, 0) is 47.5 Å². The smallest absolute Gasteiger partial charge is 0.261 e. The number of carbonyl (C=O) groups excluding carboxylic acids is 1. The van der Waals surface area contributed by atoms with Gasteiger partial charge in [0.25, 0.3) is 5.91 Å². The zero-order chi connectivity index (χ0) is 19.5. The van der Waals surface area contributed by atoms with Gasteiger partial charge in [-0.25, -0.2) is 4.98 Å². The first-order chi connectivity index (χ1) is 13.6. The van der Waals surface area contributed by atoms with E-state index in [0.717, 1.165) is 33.3 Å². The van der Waals surface area contributed by atoms with E-state index in [1.807, 2.05) is 61.5 Å². The summed E-state index contributed by atoms with van der Waals surface area (Å²) in [5.41, 5.74) is 1.97. The maximum atomic E-state index is 12.5. The van der Waals surface area contributed by atoms with Gasteiger partial charge in [0.1, 0.15) is 19.0 Å². The molecule has 0 spiro atoms. The first-order valence-electron chi connectivity index (χ1n) is 9.00. The molecule has 1 amide bonds. The minimum atomic E-state index is -0.0921. The molecule has 144 valence electrons. The molecule has 1 aliphatic heterocycles. The number of anilines is 1. The molecule has 0 bridgehead atoms. The van der Waals surface area contributed by atoms with Crippen molar-refractivity contribution in [3.05, 3.63) is 59.1 Å². The van der Waals surface area contributed by atoms with Crippen LogP contribution in [0.1, 0.15) is 15.2 Å². The molecule has 0 atom stereocenters. The maximum Gasteiger partial charge on any atom is 0.261 e. The Bertz CT molecular complexity index is 983. The summed E-state index contributed by atoms with van der Waals surface area (Å²) in [6.45, 7) is 1.57. The van der Waals surface area contributed by atoms with E-state index in [9.17, 15) is 4.79 Å². The number of carbonyl (C=O) groups is 1. The lowest BCUT2D eigenvalue weighted by molar-refractivity contribution is 0.0955. The second-order valence-corrected chi connectivity index (χ2v) is 7.71. The second-order valence-electron chi connectivity index (χ2n) is 6.62. The fourth-order valence-electron chi connectivity index (χ4n) is 2.87. The summed E-state index contributed by atoms with van der Waals surface area (Å²) in [5, 5.41) is 2.95. The van der Waals surface area contributed by atoms with Crippen LogP contribution in [0.4, 0.5) is 5.82 Å². The third kappa shape index (κ3) is 3.94. The number of fused-ring (bicyclic) bond motifs is 1. The zero-order valence-corrected chi connectivity index (χ0v) is 16.6. The maximum absolute atomic E-state index is 12.5. The summed E-state index contributed by atoms with van der Waals surface area (Å²) in [5.74, 6) is 2.30. The lowest BCUT2D eigenvalue weighted by atomic mass is 10.1. The summed E-state index contributed by atoms with van der Waals surface area (Å²) < 4.78 is 11.2. The highest BCUT2D eigenvalue weighted by Gasteiger charge is 2.15. The third-order valence-corrected chi connectivity index (χ3v) is 5.51. The molecule has 28 heavy (non-hydrogen) atoms. The summed E-state index contributed by atoms with van der Waals surface area (Å²) in [7, 11) is 3.89. The Kier molecular flexibility index (Phi) is 5.16. The van der Waals surface area contributed by atoms with Crippen LogP contribution in [0.15, 0.2) is 48.7 Å². The van der Waals surface area contributed by atoms with Crippen molar-refractivity contribution in [3.63, 3.8) is 0 Å². The highest BCUT2D eigenvalue weighted by atomic mass is 32.1. The Morgan fingerprint density at radius 2 is 1.93 bits per heavy atom. The fourth-order valence-corrected chi connectivity index (χ4v) is 3.79. The van der Waals surface area contributed by atoms with Crippen LogP contribution < -0.4 is 19.7 Å². The largest absolute Gasteiger partial charge is 0.486 e. The van der Waals surface area contributed by atoms with Gasteiger partial charge in [-0.3, -0.25) is 4.79 Å². The van der Waals surface area contributed by atoms with Crippen molar-refractivity contribution >= 4 is 23.1 Å². The first-order valence-corrected chi connectivity index (χ1v) is 9.82. The third-order valence-electron chi connectivity index (χ3n) is 4.38. The van der Waals surface area contributed by atoms with Crippen LogP contribution in [0.25, 0.3) is 10.4 Å². The monoisotopic (exact) mass is 395 g/mol. The first kappa shape index (κ1) is 18.3. The van der Waals surface area contributed by atoms with E-state index in [2.05, 4.69) is 10.3 Å². The SMILES string of the molecule is CN(C)c1ccc(CNC(=O)c2ccc(-c3ccc4c(c3)OCCO4)s2)cn1. The number of pyridine rings is 1. The molecule has 1 N–H and O–H groups in total. The summed E-state index contributed by atoms with van der Waals surface area (Å²) >= 11 is 1.46. The van der Waals surface area contributed by atoms with Crippen LogP contribution in [-0.4, -0.2) is 38.2 Å². The van der Waals surface area contributed by atoms with Gasteiger partial charge in [0.2, 0.25) is 0 Å². The molecule has 7 heteroatoms. The van der Waals surface area contributed by atoms with E-state index < -0.39 is 0 Å². The molecule has 4 rings (SSSR count). The fraction of sp³-hybridized carbons (Fsp3) is 0.238. The number of benzene rings is 1. The number of hydrogen-bond donors (Lipinski definition) is 1. The molecule has 0 radical (unpaired) electrons. The molecule has 2 aromatic heterocycles. The van der Waals surface area contributed by atoms with E-state index in [1.165, 1.54) is 11.3 Å². The van der Waals surface area contributed by atoms with E-state index in [4.69, 9.17) is 9.47 Å². The van der Waals surface area contributed by atoms with Crippen molar-refractivity contribution in [1.29, 1.82) is 0 Å². The van der Waals surface area contributed by atoms with Crippen LogP contribution in [-0.2, 0) is 6.54 Å². The van der Waals surface area contributed by atoms with Gasteiger partial charge in [-0.2, -0.15) is 0 Å². The number of rotatable bonds is 5. The summed E-state index contributed by atoms with van der Waals surface area (Å²) in [4.78, 5) is 20.5. The van der Waals surface area contributed by atoms with Crippen molar-refractivity contribution < 1.29 is 14.3 Å². The van der Waals surface area contributed by atoms with Gasteiger partial charge in [0, 0.05) is 31.7 Å². The van der Waals surface area contributed by atoms with E-state index >= 15 is 0 Å². The van der Waals surface area contributed by atoms with E-state index in [1.54, 1.807) is 6.20 Å². The van der Waals surface area contributed by atoms with E-state index in [-0.39, 0.29) is 5.91 Å². The molecule has 1 aromatic carbocycles. The van der Waals surface area contributed by atoms with Gasteiger partial charge in [-0.1, -0.05) is 6.07 Å². The average Bonchev–Trinajstić information content (AvgIpc) is 3.22. The molecular weight excluding hydrogens is 374 g/mol. The molecule has 3 heterocycles. The Morgan fingerprint density at radius 3 is 2.68 bits per heavy atom. The Hall–Kier alpha value is -3.06. The highest BCUT2D eigenvalue weighted by Crippen LogP contribution is 2.36. The van der Waals surface area contributed by atoms with Crippen molar-refractivity contribution in [2.45, 2.75) is 6.54 Å². The lowest BCUT2D eigenvalue weighted by Gasteiger charge is -2.18. The van der Waals surface area contributed by atoms with Crippen molar-refractivity contribution in [2.75, 3.05) is 32.2 Å². The number of ether oxygens (including phenoxy) is 2. The lowest BCUT2D eigenvalue weighted by Crippen LogP contribution is -2.22. The van der Waals surface area contributed by atoms with Crippen molar-refractivity contribution in [3.8, 4) is 21.9 Å². The molecule has 0 saturated heterocycles. The van der Waals surface area contributed by atoms with Crippen LogP contribution in [0.5, 0.6) is 11.5 Å². The van der Waals surface area contributed by atoms with Gasteiger partial charge >= 0.3 is 0 Å². The molecule has 0 fully saturated rings. The number of nitrogens with zero attached hydrogens (tertiary/aromatic N) is 2. The molecule has 6 nitrogen and oxygen atoms in total. The Morgan fingerprint density at radius 1 is 1.11 bits per heavy atom. The topological polar surface area (TPSA) is 63.7 Å². The standard InChI is InChI=1S/C21H21N3O3S/c1-24(2)20-8-3-14(12-22-20)13-23-21(25)19-7-6-18(28-19)15-4-5-16-17(11-15)27-10-9-26-16/h3-8,11-12H,9-10,13H2,1-2H3,(H,23,25). The van der Waals surface area contributed by atoms with Crippen LogP contribution in [0.2, 0.25) is 0 Å². The van der Waals surface area contributed by atoms with Gasteiger partial charge in [-0.15, -0.1) is 11.3 Å². The molecular formula is C21H21N3O3S. The zero-order valence-electron chi connectivity index (χ0n) is 15.8. The summed E-state index contributed by atoms with van der Waals surface area (Å²) in [6, 6.07) is 13.6. The average molecular weight is 395 g/mol. The number of nitrogens with one attached hydrogen (secondary N) is 1. The van der Waals surface area contributed by atoms with Gasteiger partial charge < -0.3 is 19.7 Å². The van der Waals surface area contributed by atoms with Crippen molar-refractivity contribution in [1.82, 2.24) is 10.3 Å². The second kappa shape index (κ2) is 7.90. The minimum absolute atomic E-state index is 0.0921. The predicted octanol–water partition coefficient (Wildman–Crippen LogP) is 3.58. The normalized spacial score (nSPS) is 12.5. The number of hydrogen-bond acceptors (Lipinski definition) is 6. The molecule has 3 aromatic rings. The molecule has 0 unspecified atom stereocenters. The van der Waals surface area contributed by atoms with Gasteiger partial charge in [0.15, 0.2) is 11.5 Å². The van der Waals surface area contributed by atoms with Crippen LogP contribution in [0.3, 0.4) is 0 Å². The molecule has 0 saturated carbocycles. The van der Waals surface area contributed by atoms with E-state index in [0.29, 0.717) is 24.6 Å². The number of thiophene rings is 1. The van der Waals surface area contributed by atoms with Crippen molar-refractivity contribution in [2.24, 2.45) is 0 Å². The van der Waals surface area contributed by atoms with Crippen LogP contribution in [0, 0.1) is 0 Å². The quantitative estimate of drug-likeness (QED) is 0.715. The number of amides is 1. The summed E-state index contributed by atoms with van der Waals surface area (Å²) in [6.07, 6.45) is 1.78. The highest BCUT2D eigenvalue weighted by molar-refractivity contribution is 7.17. The van der Waals surface area contributed by atoms with Gasteiger partial charge in [0.05, 0.1) is 4.88 Å². The minimum Gasteiger partial charge on any atom is -0.486 e. The Balaban J connectivity index is 1.41. The predicted molar refractivity (Wildman–Crippen MR) is 110 cm³/mol.